The monoisotopic (exact) mass is 438 g/mol. The number of methoxy groups -OCH3 is 3. The van der Waals surface area contributed by atoms with Crippen LogP contribution in [0.5, 0.6) is 17.2 Å². The quantitative estimate of drug-likeness (QED) is 0.546. The Morgan fingerprint density at radius 2 is 1.83 bits per heavy atom. The van der Waals surface area contributed by atoms with Gasteiger partial charge < -0.3 is 28.4 Å². The fourth-order valence-corrected chi connectivity index (χ4v) is 4.09. The Balaban J connectivity index is 1.64. The summed E-state index contributed by atoms with van der Waals surface area (Å²) in [6.07, 6.45) is -0.213. The van der Waals surface area contributed by atoms with Crippen LogP contribution in [-0.2, 0) is 0 Å². The number of aromatic nitrogens is 2. The first-order valence-corrected chi connectivity index (χ1v) is 9.88. The van der Waals surface area contributed by atoms with Crippen LogP contribution < -0.4 is 23.8 Å². The summed E-state index contributed by atoms with van der Waals surface area (Å²) in [5.41, 5.74) is 0.189. The van der Waals surface area contributed by atoms with Gasteiger partial charge >= 0.3 is 0 Å². The second kappa shape index (κ2) is 8.05. The third kappa shape index (κ3) is 3.76. The lowest BCUT2D eigenvalue weighted by molar-refractivity contribution is 0.0256. The molecule has 11 heteroatoms. The Labute approximate surface area is 175 Å². The number of hydrogen-bond acceptors (Lipinski definition) is 9. The molecule has 8 nitrogen and oxygen atoms in total. The second-order valence-electron chi connectivity index (χ2n) is 6.62. The number of fused-ring (bicyclic) bond motifs is 1. The molecule has 0 saturated carbocycles. The summed E-state index contributed by atoms with van der Waals surface area (Å²) in [5, 5.41) is 4.54. The van der Waals surface area contributed by atoms with E-state index < -0.39 is 12.5 Å². The van der Waals surface area contributed by atoms with Crippen LogP contribution in [0.15, 0.2) is 33.7 Å². The first-order chi connectivity index (χ1) is 14.5. The molecule has 0 aliphatic carbocycles. The summed E-state index contributed by atoms with van der Waals surface area (Å²) in [6.45, 7) is -0.186. The van der Waals surface area contributed by atoms with Crippen LogP contribution in [-0.4, -0.2) is 50.5 Å². The van der Waals surface area contributed by atoms with E-state index in [1.165, 1.54) is 24.0 Å². The minimum absolute atomic E-state index is 0.189. The van der Waals surface area contributed by atoms with Crippen LogP contribution in [0, 0.1) is 0 Å². The average Bonchev–Trinajstić information content (AvgIpc) is 3.33. The lowest BCUT2D eigenvalue weighted by Gasteiger charge is -2.17. The number of alkyl halides is 2. The molecule has 1 aliphatic rings. The van der Waals surface area contributed by atoms with Crippen LogP contribution in [0.4, 0.5) is 20.4 Å². The molecule has 1 fully saturated rings. The van der Waals surface area contributed by atoms with Gasteiger partial charge in [0.1, 0.15) is 33.3 Å². The molecule has 0 radical (unpaired) electrons. The van der Waals surface area contributed by atoms with Gasteiger partial charge in [0.15, 0.2) is 5.82 Å². The Hall–Kier alpha value is -2.95. The third-order valence-electron chi connectivity index (χ3n) is 4.74. The number of pyridine rings is 1. The van der Waals surface area contributed by atoms with Crippen LogP contribution in [0.2, 0.25) is 0 Å². The summed E-state index contributed by atoms with van der Waals surface area (Å²) >= 11 is 1.23. The SMILES string of the molecule is COc1cccc(OC)c1SNc1noc2nc(N3CCC(F)(F)C3)cc(OC)c12. The molecule has 3 aromatic rings. The van der Waals surface area contributed by atoms with Gasteiger partial charge in [-0.25, -0.2) is 8.78 Å². The van der Waals surface area contributed by atoms with E-state index in [2.05, 4.69) is 14.9 Å². The van der Waals surface area contributed by atoms with Crippen LogP contribution in [0.25, 0.3) is 11.1 Å². The number of benzene rings is 1. The molecule has 0 atom stereocenters. The van der Waals surface area contributed by atoms with Crippen molar-refractivity contribution in [3.05, 3.63) is 24.3 Å². The predicted molar refractivity (Wildman–Crippen MR) is 109 cm³/mol. The van der Waals surface area contributed by atoms with Crippen LogP contribution in [0.1, 0.15) is 6.42 Å². The van der Waals surface area contributed by atoms with Crippen molar-refractivity contribution in [2.75, 3.05) is 44.0 Å². The fourth-order valence-electron chi connectivity index (χ4n) is 3.25. The van der Waals surface area contributed by atoms with E-state index in [9.17, 15) is 8.78 Å². The summed E-state index contributed by atoms with van der Waals surface area (Å²) < 4.78 is 51.9. The maximum Gasteiger partial charge on any atom is 0.266 e. The number of halogens is 2. The molecule has 0 amide bonds. The summed E-state index contributed by atoms with van der Waals surface area (Å²) in [5.74, 6) is -0.322. The zero-order chi connectivity index (χ0) is 21.3. The molecule has 0 bridgehead atoms. The van der Waals surface area contributed by atoms with Crippen molar-refractivity contribution in [2.45, 2.75) is 17.2 Å². The van der Waals surface area contributed by atoms with Gasteiger partial charge in [-0.1, -0.05) is 11.2 Å². The van der Waals surface area contributed by atoms with Crippen molar-refractivity contribution in [3.63, 3.8) is 0 Å². The van der Waals surface area contributed by atoms with Gasteiger partial charge in [-0.05, 0) is 24.1 Å². The molecule has 160 valence electrons. The zero-order valence-electron chi connectivity index (χ0n) is 16.6. The maximum absolute atomic E-state index is 13.6. The van der Waals surface area contributed by atoms with Crippen molar-refractivity contribution in [3.8, 4) is 17.2 Å². The first kappa shape index (κ1) is 20.3. The predicted octanol–water partition coefficient (Wildman–Crippen LogP) is 4.21. The van der Waals surface area contributed by atoms with Crippen LogP contribution in [0.3, 0.4) is 0 Å². The highest BCUT2D eigenvalue weighted by Crippen LogP contribution is 2.41. The highest BCUT2D eigenvalue weighted by atomic mass is 32.2. The topological polar surface area (TPSA) is 81.9 Å². The molecule has 3 heterocycles. The van der Waals surface area contributed by atoms with Gasteiger partial charge in [-0.15, -0.1) is 0 Å². The molecule has 0 unspecified atom stereocenters. The van der Waals surface area contributed by atoms with Crippen LogP contribution >= 0.6 is 11.9 Å². The lowest BCUT2D eigenvalue weighted by atomic mass is 10.3. The third-order valence-corrected chi connectivity index (χ3v) is 5.64. The number of nitrogens with zero attached hydrogens (tertiary/aromatic N) is 3. The van der Waals surface area contributed by atoms with E-state index in [0.717, 1.165) is 4.90 Å². The molecule has 1 N–H and O–H groups in total. The number of anilines is 2. The summed E-state index contributed by atoms with van der Waals surface area (Å²) in [6, 6.07) is 7.06. The van der Waals surface area contributed by atoms with Gasteiger partial charge in [-0.2, -0.15) is 4.98 Å². The largest absolute Gasteiger partial charge is 0.496 e. The van der Waals surface area contributed by atoms with Gasteiger partial charge in [0, 0.05) is 19.0 Å². The molecule has 1 aromatic carbocycles. The van der Waals surface area contributed by atoms with Gasteiger partial charge in [0.05, 0.1) is 27.9 Å². The highest BCUT2D eigenvalue weighted by molar-refractivity contribution is 8.00. The van der Waals surface area contributed by atoms with Gasteiger partial charge in [0.2, 0.25) is 0 Å². The van der Waals surface area contributed by atoms with Crippen molar-refractivity contribution >= 4 is 34.7 Å². The number of nitrogens with one attached hydrogen (secondary N) is 1. The molecule has 2 aromatic heterocycles. The Bertz CT molecular complexity index is 1040. The fraction of sp³-hybridized carbons (Fsp3) is 0.368. The van der Waals surface area contributed by atoms with Gasteiger partial charge in [-0.3, -0.25) is 0 Å². The minimum Gasteiger partial charge on any atom is -0.496 e. The molecule has 1 saturated heterocycles. The van der Waals surface area contributed by atoms with Crippen molar-refractivity contribution in [2.24, 2.45) is 0 Å². The van der Waals surface area contributed by atoms with E-state index >= 15 is 0 Å². The standard InChI is InChI=1S/C19H20F2N4O4S/c1-26-11-5-4-6-12(27-2)16(11)30-24-17-15-13(28-3)9-14(22-18(15)29-23-17)25-8-7-19(20,21)10-25/h4-6,9H,7-8,10H2,1-3H3,(H,23,24). The minimum atomic E-state index is -2.73. The molecular formula is C19H20F2N4O4S. The molecule has 4 rings (SSSR count). The number of rotatable bonds is 7. The second-order valence-corrected chi connectivity index (χ2v) is 7.43. The molecule has 0 spiro atoms. The van der Waals surface area contributed by atoms with Crippen molar-refractivity contribution in [1.82, 2.24) is 10.1 Å². The van der Waals surface area contributed by atoms with E-state index in [-0.39, 0.29) is 18.7 Å². The smallest absolute Gasteiger partial charge is 0.266 e. The summed E-state index contributed by atoms with van der Waals surface area (Å²) in [4.78, 5) is 6.59. The van der Waals surface area contributed by atoms with Gasteiger partial charge in [0.25, 0.3) is 11.6 Å². The maximum atomic E-state index is 13.6. The normalized spacial score (nSPS) is 15.4. The Morgan fingerprint density at radius 3 is 2.43 bits per heavy atom. The molecule has 30 heavy (non-hydrogen) atoms. The van der Waals surface area contributed by atoms with E-state index in [4.69, 9.17) is 18.7 Å². The van der Waals surface area contributed by atoms with E-state index in [1.807, 2.05) is 18.2 Å². The summed E-state index contributed by atoms with van der Waals surface area (Å²) in [7, 11) is 4.63. The lowest BCUT2D eigenvalue weighted by Crippen LogP contribution is -2.25. The average molecular weight is 438 g/mol. The Kier molecular flexibility index (Phi) is 5.46. The van der Waals surface area contributed by atoms with E-state index in [0.29, 0.717) is 34.3 Å². The van der Waals surface area contributed by atoms with Crippen molar-refractivity contribution in [1.29, 1.82) is 0 Å². The first-order valence-electron chi connectivity index (χ1n) is 9.07. The van der Waals surface area contributed by atoms with E-state index in [1.54, 1.807) is 20.3 Å². The Morgan fingerprint density at radius 1 is 1.13 bits per heavy atom. The molecule has 1 aliphatic heterocycles. The zero-order valence-corrected chi connectivity index (χ0v) is 17.4. The highest BCUT2D eigenvalue weighted by Gasteiger charge is 2.39. The number of ether oxygens (including phenoxy) is 3. The molecular weight excluding hydrogens is 418 g/mol. The van der Waals surface area contributed by atoms with Crippen molar-refractivity contribution < 1.29 is 27.5 Å². The number of hydrogen-bond donors (Lipinski definition) is 1.